The summed E-state index contributed by atoms with van der Waals surface area (Å²) in [5.41, 5.74) is 0.444. The normalized spacial score (nSPS) is 8.88. The predicted octanol–water partition coefficient (Wildman–Crippen LogP) is 1.56. The molecule has 1 nitrogen and oxygen atoms in total. The van der Waals surface area contributed by atoms with E-state index in [1.165, 1.54) is 64.2 Å². The van der Waals surface area contributed by atoms with E-state index in [-0.39, 0.29) is 51.4 Å². The molecule has 0 aliphatic heterocycles. The van der Waals surface area contributed by atoms with Crippen molar-refractivity contribution in [1.82, 2.24) is 0 Å². The Hall–Kier alpha value is 2.01. The molecule has 0 saturated heterocycles. The van der Waals surface area contributed by atoms with Gasteiger partial charge in [-0.25, -0.2) is 0 Å². The first-order chi connectivity index (χ1) is 7.83. The van der Waals surface area contributed by atoms with Crippen LogP contribution in [0.5, 0.6) is 0 Å². The van der Waals surface area contributed by atoms with Gasteiger partial charge in [-0.1, -0.05) is 71.1 Å². The molecule has 0 aromatic heterocycles. The minimum atomic E-state index is 0. The summed E-state index contributed by atoms with van der Waals surface area (Å²) >= 11 is 8.01. The van der Waals surface area contributed by atoms with E-state index < -0.39 is 0 Å². The molecule has 0 unspecified atom stereocenters. The third-order valence-corrected chi connectivity index (χ3v) is 2.79. The predicted molar refractivity (Wildman–Crippen MR) is 79.8 cm³/mol. The summed E-state index contributed by atoms with van der Waals surface area (Å²) < 4.78 is 0. The number of rotatable bonds is 10. The van der Waals surface area contributed by atoms with Crippen molar-refractivity contribution in [2.24, 2.45) is 0 Å². The molecule has 0 aromatic carbocycles. The van der Waals surface area contributed by atoms with E-state index in [1.54, 1.807) is 0 Å². The molecule has 0 fully saturated rings. The molecule has 17 heavy (non-hydrogen) atoms. The molecule has 0 aliphatic carbocycles. The molecular formula is C13H27KOS2. The maximum absolute atomic E-state index is 8.67. The Morgan fingerprint density at radius 2 is 1.18 bits per heavy atom. The van der Waals surface area contributed by atoms with Crippen molar-refractivity contribution >= 4 is 30.9 Å². The van der Waals surface area contributed by atoms with Crippen LogP contribution in [-0.4, -0.2) is 11.4 Å². The summed E-state index contributed by atoms with van der Waals surface area (Å²) in [4.78, 5) is 8.67. The first-order valence-electron chi connectivity index (χ1n) is 6.49. The quantitative estimate of drug-likeness (QED) is 0.217. The molecule has 0 aliphatic rings. The Morgan fingerprint density at radius 3 is 1.47 bits per heavy atom. The monoisotopic (exact) mass is 302 g/mol. The zero-order chi connectivity index (χ0) is 12.5. The van der Waals surface area contributed by atoms with Crippen LogP contribution in [-0.2, 0) is 17.4 Å². The molecule has 0 heterocycles. The molecule has 0 rings (SSSR count). The molecule has 98 valence electrons. The van der Waals surface area contributed by atoms with Crippen LogP contribution in [0.2, 0.25) is 0 Å². The van der Waals surface area contributed by atoms with E-state index in [4.69, 9.17) is 17.4 Å². The van der Waals surface area contributed by atoms with Crippen LogP contribution >= 0.6 is 12.6 Å². The number of unbranched alkanes of at least 4 members (excludes halogenated alkanes) is 9. The van der Waals surface area contributed by atoms with E-state index >= 15 is 0 Å². The third-order valence-electron chi connectivity index (χ3n) is 2.50. The van der Waals surface area contributed by atoms with Crippen LogP contribution in [0.4, 0.5) is 0 Å². The van der Waals surface area contributed by atoms with Crippen LogP contribution in [0, 0.1) is 0 Å². The Labute approximate surface area is 162 Å². The van der Waals surface area contributed by atoms with Crippen LogP contribution in [0.3, 0.4) is 0 Å². The summed E-state index contributed by atoms with van der Waals surface area (Å²) in [5, 5.41) is 0. The molecule has 0 amide bonds. The van der Waals surface area contributed by atoms with Gasteiger partial charge in [-0.2, -0.15) is 5.75 Å². The Morgan fingerprint density at radius 1 is 0.882 bits per heavy atom. The first kappa shape index (κ1) is 24.1. The molecule has 0 radical (unpaired) electrons. The van der Waals surface area contributed by atoms with Gasteiger partial charge in [0.15, 0.2) is 5.62 Å². The largest absolute Gasteiger partial charge is 1.00 e. The molecule has 0 spiro atoms. The zero-order valence-corrected chi connectivity index (χ0v) is 16.5. The Bertz CT molecular complexity index is 114. The van der Waals surface area contributed by atoms with Gasteiger partial charge < -0.3 is 12.6 Å². The fourth-order valence-electron chi connectivity index (χ4n) is 1.59. The maximum Gasteiger partial charge on any atom is 1.00 e. The standard InChI is InChI=1S/C12H26S.CH2OS.K/c1-2-3-4-5-6-7-8-9-10-11-12-13;2-1-3;/h13H,2-12H2,1H3;1H,(H,2,3);/q;;+1/p-1. The van der Waals surface area contributed by atoms with Crippen molar-refractivity contribution in [3.63, 3.8) is 0 Å². The van der Waals surface area contributed by atoms with Gasteiger partial charge >= 0.3 is 51.4 Å². The van der Waals surface area contributed by atoms with Gasteiger partial charge in [-0.15, -0.1) is 12.6 Å². The summed E-state index contributed by atoms with van der Waals surface area (Å²) in [6.45, 7) is 2.27. The second kappa shape index (κ2) is 26.5. The van der Waals surface area contributed by atoms with Crippen LogP contribution in [0.1, 0.15) is 71.1 Å². The first-order valence-corrected chi connectivity index (χ1v) is 7.58. The third kappa shape index (κ3) is 32.0. The number of hydrogen-bond acceptors (Lipinski definition) is 2. The fourth-order valence-corrected chi connectivity index (χ4v) is 1.79. The number of hydrogen-bond donors (Lipinski definition) is 1. The van der Waals surface area contributed by atoms with Crippen molar-refractivity contribution in [3.8, 4) is 0 Å². The van der Waals surface area contributed by atoms with Gasteiger partial charge in [0.1, 0.15) is 0 Å². The molecular weight excluding hydrogens is 275 g/mol. The summed E-state index contributed by atoms with van der Waals surface area (Å²) in [6.07, 6.45) is 14.0. The van der Waals surface area contributed by atoms with Crippen molar-refractivity contribution < 1.29 is 56.2 Å². The molecule has 0 aromatic rings. The van der Waals surface area contributed by atoms with E-state index in [2.05, 4.69) is 19.6 Å². The summed E-state index contributed by atoms with van der Waals surface area (Å²) in [5.74, 6) is 0.955. The van der Waals surface area contributed by atoms with E-state index in [0.29, 0.717) is 5.62 Å². The number of carbonyl (C=O) groups is 1. The molecule has 0 saturated carbocycles. The summed E-state index contributed by atoms with van der Waals surface area (Å²) in [6, 6.07) is 0. The van der Waals surface area contributed by atoms with Gasteiger partial charge in [0.25, 0.3) is 0 Å². The van der Waals surface area contributed by atoms with E-state index in [1.807, 2.05) is 0 Å². The minimum absolute atomic E-state index is 0. The van der Waals surface area contributed by atoms with Gasteiger partial charge in [0.2, 0.25) is 0 Å². The van der Waals surface area contributed by atoms with E-state index in [0.717, 1.165) is 5.75 Å². The van der Waals surface area contributed by atoms with Crippen molar-refractivity contribution in [3.05, 3.63) is 0 Å². The molecule has 0 bridgehead atoms. The maximum atomic E-state index is 8.67. The van der Waals surface area contributed by atoms with Gasteiger partial charge in [0.05, 0.1) is 0 Å². The second-order valence-corrected chi connectivity index (χ2v) is 4.61. The van der Waals surface area contributed by atoms with Crippen molar-refractivity contribution in [2.45, 2.75) is 71.1 Å². The number of thiol groups is 1. The SMILES string of the molecule is CCCCCCCCCCCC[S-].O=CS.[K+]. The van der Waals surface area contributed by atoms with Gasteiger partial charge in [-0.3, -0.25) is 4.79 Å². The van der Waals surface area contributed by atoms with Gasteiger partial charge in [-0.05, 0) is 0 Å². The topological polar surface area (TPSA) is 17.1 Å². The van der Waals surface area contributed by atoms with Gasteiger partial charge in [0, 0.05) is 0 Å². The second-order valence-electron chi connectivity index (χ2n) is 3.99. The average molecular weight is 303 g/mol. The van der Waals surface area contributed by atoms with Crippen molar-refractivity contribution in [2.75, 3.05) is 5.75 Å². The van der Waals surface area contributed by atoms with Crippen molar-refractivity contribution in [1.29, 1.82) is 0 Å². The number of carbonyl (C=O) groups excluding carboxylic acids is 1. The fraction of sp³-hybridized carbons (Fsp3) is 0.923. The molecule has 0 N–H and O–H groups in total. The zero-order valence-electron chi connectivity index (χ0n) is 11.6. The minimum Gasteiger partial charge on any atom is -0.793 e. The average Bonchev–Trinajstić information content (AvgIpc) is 2.28. The molecule has 0 atom stereocenters. The smallest absolute Gasteiger partial charge is 0.793 e. The summed E-state index contributed by atoms with van der Waals surface area (Å²) in [7, 11) is 0. The Balaban J connectivity index is -0.000000440. The van der Waals surface area contributed by atoms with Crippen LogP contribution in [0.15, 0.2) is 0 Å². The molecule has 4 heteroatoms. The van der Waals surface area contributed by atoms with E-state index in [9.17, 15) is 0 Å². The van der Waals surface area contributed by atoms with Crippen LogP contribution in [0.25, 0.3) is 0 Å². The Kier molecular flexibility index (Phi) is 37.6. The van der Waals surface area contributed by atoms with Crippen LogP contribution < -0.4 is 51.4 Å².